The van der Waals surface area contributed by atoms with E-state index in [1.165, 1.54) is 24.3 Å². The number of non-ortho nitro benzene ring substituents is 1. The van der Waals surface area contributed by atoms with E-state index in [1.54, 1.807) is 0 Å². The van der Waals surface area contributed by atoms with Crippen molar-refractivity contribution in [3.63, 3.8) is 0 Å². The Morgan fingerprint density at radius 2 is 1.64 bits per heavy atom. The van der Waals surface area contributed by atoms with Crippen LogP contribution in [0.25, 0.3) is 0 Å². The van der Waals surface area contributed by atoms with Crippen LogP contribution in [0.1, 0.15) is 5.56 Å². The van der Waals surface area contributed by atoms with E-state index in [1.807, 2.05) is 5.43 Å². The van der Waals surface area contributed by atoms with E-state index in [0.29, 0.717) is 5.56 Å². The van der Waals surface area contributed by atoms with Crippen LogP contribution in [0.15, 0.2) is 29.4 Å². The van der Waals surface area contributed by atoms with Crippen LogP contribution in [0.2, 0.25) is 0 Å². The van der Waals surface area contributed by atoms with Crippen LogP contribution < -0.4 is 5.43 Å². The second-order valence-electron chi connectivity index (χ2n) is 3.92. The van der Waals surface area contributed by atoms with Gasteiger partial charge in [-0.2, -0.15) is 27.6 Å². The summed E-state index contributed by atoms with van der Waals surface area (Å²) in [5.41, 5.74) is 0.881. The number of aromatic nitrogens is 1. The summed E-state index contributed by atoms with van der Waals surface area (Å²) in [6.45, 7) is 0. The fourth-order valence-corrected chi connectivity index (χ4v) is 1.44. The number of hydrazone groups is 1. The Morgan fingerprint density at radius 3 is 2.14 bits per heavy atom. The minimum absolute atomic E-state index is 0.152. The predicted octanol–water partition coefficient (Wildman–Crippen LogP) is 2.99. The molecule has 0 fully saturated rings. The summed E-state index contributed by atoms with van der Waals surface area (Å²) in [6, 6.07) is 5.02. The number of nitro groups is 1. The van der Waals surface area contributed by atoms with Gasteiger partial charge < -0.3 is 0 Å². The van der Waals surface area contributed by atoms with E-state index in [4.69, 9.17) is 0 Å². The molecule has 0 radical (unpaired) electrons. The average Bonchev–Trinajstić information content (AvgIpc) is 2.49. The van der Waals surface area contributed by atoms with Crippen LogP contribution in [0.4, 0.5) is 28.9 Å². The maximum absolute atomic E-state index is 13.3. The summed E-state index contributed by atoms with van der Waals surface area (Å²) in [6.07, 6.45) is 1.05. The number of benzene rings is 1. The molecule has 10 heteroatoms. The van der Waals surface area contributed by atoms with Crippen molar-refractivity contribution >= 4 is 17.6 Å². The molecule has 2 aromatic rings. The van der Waals surface area contributed by atoms with E-state index in [0.717, 1.165) is 6.21 Å². The van der Waals surface area contributed by atoms with Gasteiger partial charge in [0.25, 0.3) is 17.6 Å². The van der Waals surface area contributed by atoms with Gasteiger partial charge in [-0.15, -0.1) is 0 Å². The summed E-state index contributed by atoms with van der Waals surface area (Å²) >= 11 is 0. The third-order valence-corrected chi connectivity index (χ3v) is 2.49. The van der Waals surface area contributed by atoms with Crippen LogP contribution in [0, 0.1) is 33.6 Å². The number of halogens is 4. The summed E-state index contributed by atoms with van der Waals surface area (Å²) in [4.78, 5) is 12.2. The molecule has 0 amide bonds. The minimum atomic E-state index is -1.81. The zero-order valence-electron chi connectivity index (χ0n) is 10.6. The van der Waals surface area contributed by atoms with Crippen molar-refractivity contribution in [3.05, 3.63) is 63.5 Å². The number of pyridine rings is 1. The lowest BCUT2D eigenvalue weighted by Crippen LogP contribution is -2.05. The topological polar surface area (TPSA) is 80.4 Å². The number of hydrogen-bond acceptors (Lipinski definition) is 5. The molecule has 114 valence electrons. The first-order valence-corrected chi connectivity index (χ1v) is 5.63. The molecule has 0 saturated heterocycles. The number of nitro benzene ring substituents is 1. The van der Waals surface area contributed by atoms with Crippen molar-refractivity contribution in [1.82, 2.24) is 4.98 Å². The highest BCUT2D eigenvalue weighted by Crippen LogP contribution is 2.21. The highest BCUT2D eigenvalue weighted by atomic mass is 19.2. The molecule has 1 aromatic heterocycles. The van der Waals surface area contributed by atoms with Crippen molar-refractivity contribution in [3.8, 4) is 0 Å². The van der Waals surface area contributed by atoms with Crippen molar-refractivity contribution in [2.24, 2.45) is 5.10 Å². The van der Waals surface area contributed by atoms with Gasteiger partial charge in [-0.05, 0) is 17.7 Å². The first-order chi connectivity index (χ1) is 10.4. The first-order valence-electron chi connectivity index (χ1n) is 5.63. The van der Waals surface area contributed by atoms with Crippen LogP contribution in [-0.2, 0) is 0 Å². The van der Waals surface area contributed by atoms with Gasteiger partial charge >= 0.3 is 0 Å². The molecule has 1 N–H and O–H groups in total. The van der Waals surface area contributed by atoms with Crippen molar-refractivity contribution in [1.29, 1.82) is 0 Å². The smallest absolute Gasteiger partial charge is 0.269 e. The third-order valence-electron chi connectivity index (χ3n) is 2.49. The molecule has 0 atom stereocenters. The van der Waals surface area contributed by atoms with E-state index < -0.39 is 34.1 Å². The zero-order chi connectivity index (χ0) is 16.3. The minimum Gasteiger partial charge on any atom is -0.272 e. The van der Waals surface area contributed by atoms with Crippen LogP contribution in [0.3, 0.4) is 0 Å². The molecule has 6 nitrogen and oxygen atoms in total. The molecular formula is C12H6F4N4O2. The molecule has 0 bridgehead atoms. The second-order valence-corrected chi connectivity index (χ2v) is 3.92. The SMILES string of the molecule is O=[N+]([O-])c1ccc(/C=N\Nc2c(F)c(F)nc(F)c2F)cc1. The molecule has 0 spiro atoms. The van der Waals surface area contributed by atoms with Crippen molar-refractivity contribution in [2.45, 2.75) is 0 Å². The molecule has 1 aromatic carbocycles. The number of anilines is 1. The van der Waals surface area contributed by atoms with Crippen LogP contribution in [0.5, 0.6) is 0 Å². The molecule has 0 aliphatic carbocycles. The standard InChI is InChI=1S/C12H6F4N4O2/c13-8-10(9(14)12(16)18-11(8)15)19-17-5-6-1-3-7(4-2-6)20(21)22/h1-5H,(H,18,19)/b17-5-. The Bertz CT molecular complexity index is 724. The molecule has 0 unspecified atom stereocenters. The fourth-order valence-electron chi connectivity index (χ4n) is 1.44. The predicted molar refractivity (Wildman–Crippen MR) is 68.4 cm³/mol. The van der Waals surface area contributed by atoms with Gasteiger partial charge in [0.15, 0.2) is 0 Å². The summed E-state index contributed by atoms with van der Waals surface area (Å²) in [5.74, 6) is -7.07. The van der Waals surface area contributed by atoms with Gasteiger partial charge in [-0.25, -0.2) is 0 Å². The number of nitrogens with zero attached hydrogens (tertiary/aromatic N) is 3. The van der Waals surface area contributed by atoms with Gasteiger partial charge in [0.2, 0.25) is 11.6 Å². The van der Waals surface area contributed by atoms with Gasteiger partial charge in [0.1, 0.15) is 5.69 Å². The molecule has 1 heterocycles. The summed E-state index contributed by atoms with van der Waals surface area (Å²) < 4.78 is 52.2. The van der Waals surface area contributed by atoms with E-state index >= 15 is 0 Å². The molecule has 0 aliphatic rings. The van der Waals surface area contributed by atoms with E-state index in [2.05, 4.69) is 10.1 Å². The maximum atomic E-state index is 13.3. The molecule has 2 rings (SSSR count). The molecule has 0 aliphatic heterocycles. The Morgan fingerprint density at radius 1 is 1.09 bits per heavy atom. The third kappa shape index (κ3) is 3.16. The van der Waals surface area contributed by atoms with Crippen molar-refractivity contribution < 1.29 is 22.5 Å². The zero-order valence-corrected chi connectivity index (χ0v) is 10.6. The second kappa shape index (κ2) is 6.16. The summed E-state index contributed by atoms with van der Waals surface area (Å²) in [7, 11) is 0. The largest absolute Gasteiger partial charge is 0.272 e. The Labute approximate surface area is 120 Å². The number of hydrogen-bond donors (Lipinski definition) is 1. The van der Waals surface area contributed by atoms with Gasteiger partial charge in [0.05, 0.1) is 11.1 Å². The quantitative estimate of drug-likeness (QED) is 0.309. The van der Waals surface area contributed by atoms with Crippen LogP contribution in [-0.4, -0.2) is 16.1 Å². The summed E-state index contributed by atoms with van der Waals surface area (Å²) in [5, 5.41) is 13.9. The Hall–Kier alpha value is -3.04. The van der Waals surface area contributed by atoms with E-state index in [-0.39, 0.29) is 5.69 Å². The van der Waals surface area contributed by atoms with Gasteiger partial charge in [0, 0.05) is 12.1 Å². The Kier molecular flexibility index (Phi) is 4.30. The molecule has 22 heavy (non-hydrogen) atoms. The molecule has 0 saturated carbocycles. The normalized spacial score (nSPS) is 10.9. The van der Waals surface area contributed by atoms with E-state index in [9.17, 15) is 27.7 Å². The lowest BCUT2D eigenvalue weighted by atomic mass is 10.2. The monoisotopic (exact) mass is 314 g/mol. The fraction of sp³-hybridized carbons (Fsp3) is 0. The highest BCUT2D eigenvalue weighted by Gasteiger charge is 2.20. The maximum Gasteiger partial charge on any atom is 0.269 e. The molecular weight excluding hydrogens is 308 g/mol. The average molecular weight is 314 g/mol. The Balaban J connectivity index is 2.18. The van der Waals surface area contributed by atoms with Gasteiger partial charge in [-0.3, -0.25) is 15.5 Å². The first kappa shape index (κ1) is 15.4. The lowest BCUT2D eigenvalue weighted by molar-refractivity contribution is -0.384. The lowest BCUT2D eigenvalue weighted by Gasteiger charge is -2.04. The highest BCUT2D eigenvalue weighted by molar-refractivity contribution is 5.80. The van der Waals surface area contributed by atoms with Crippen LogP contribution >= 0.6 is 0 Å². The number of nitrogens with one attached hydrogen (secondary N) is 1. The van der Waals surface area contributed by atoms with Crippen molar-refractivity contribution in [2.75, 3.05) is 5.43 Å². The van der Waals surface area contributed by atoms with Gasteiger partial charge in [-0.1, -0.05) is 0 Å². The number of rotatable bonds is 4.